The van der Waals surface area contributed by atoms with Crippen LogP contribution in [0, 0.1) is 0 Å². The Morgan fingerprint density at radius 2 is 2.03 bits per heavy atom. The van der Waals surface area contributed by atoms with Crippen molar-refractivity contribution in [3.05, 3.63) is 34.1 Å². The Morgan fingerprint density at radius 1 is 1.28 bits per heavy atom. The third-order valence-corrected chi connectivity index (χ3v) is 5.57. The lowest BCUT2D eigenvalue weighted by molar-refractivity contribution is -0.115. The molecule has 0 aliphatic carbocycles. The molecule has 3 N–H and O–H groups in total. The molecular weight excluding hydrogens is 392 g/mol. The van der Waals surface area contributed by atoms with Crippen LogP contribution in [0.1, 0.15) is 44.0 Å². The van der Waals surface area contributed by atoms with Gasteiger partial charge in [0.15, 0.2) is 5.16 Å². The predicted octanol–water partition coefficient (Wildman–Crippen LogP) is 1.56. The Bertz CT molecular complexity index is 1140. The summed E-state index contributed by atoms with van der Waals surface area (Å²) in [5, 5.41) is 12.1. The van der Waals surface area contributed by atoms with E-state index in [0.29, 0.717) is 33.9 Å². The van der Waals surface area contributed by atoms with Crippen LogP contribution in [0.25, 0.3) is 16.7 Å². The molecule has 2 aromatic heterocycles. The zero-order valence-corrected chi connectivity index (χ0v) is 17.5. The number of nitrogens with one attached hydrogen (secondary N) is 1. The number of aromatic nitrogens is 4. The minimum atomic E-state index is -0.480. The second kappa shape index (κ2) is 8.64. The van der Waals surface area contributed by atoms with E-state index in [1.807, 2.05) is 20.8 Å². The Morgan fingerprint density at radius 3 is 2.69 bits per heavy atom. The van der Waals surface area contributed by atoms with Gasteiger partial charge in [-0.05, 0) is 38.0 Å². The molecule has 0 unspecified atom stereocenters. The van der Waals surface area contributed by atoms with Gasteiger partial charge in [-0.1, -0.05) is 25.6 Å². The lowest BCUT2D eigenvalue weighted by Gasteiger charge is -2.13. The summed E-state index contributed by atoms with van der Waals surface area (Å²) in [4.78, 5) is 36.8. The highest BCUT2D eigenvalue weighted by molar-refractivity contribution is 7.99. The van der Waals surface area contributed by atoms with Gasteiger partial charge in [-0.15, -0.1) is 10.2 Å². The molecule has 1 atom stereocenters. The molecule has 154 valence electrons. The number of hydrogen-bond donors (Lipinski definition) is 2. The third kappa shape index (κ3) is 4.12. The Hall–Kier alpha value is -2.88. The zero-order valence-electron chi connectivity index (χ0n) is 16.6. The first-order chi connectivity index (χ1) is 13.9. The normalized spacial score (nSPS) is 12.4. The number of fused-ring (bicyclic) bond motifs is 3. The van der Waals surface area contributed by atoms with Crippen molar-refractivity contribution in [3.8, 4) is 0 Å². The average Bonchev–Trinajstić information content (AvgIpc) is 3.12. The number of nitrogens with zero attached hydrogens (tertiary/aromatic N) is 4. The fourth-order valence-corrected chi connectivity index (χ4v) is 3.67. The van der Waals surface area contributed by atoms with Gasteiger partial charge in [-0.3, -0.25) is 23.4 Å². The molecule has 1 aromatic carbocycles. The summed E-state index contributed by atoms with van der Waals surface area (Å²) in [7, 11) is 0. The van der Waals surface area contributed by atoms with Crippen molar-refractivity contribution in [1.29, 1.82) is 0 Å². The summed E-state index contributed by atoms with van der Waals surface area (Å²) in [6.07, 6.45) is 1.55. The van der Waals surface area contributed by atoms with E-state index < -0.39 is 5.91 Å². The molecule has 3 aromatic rings. The van der Waals surface area contributed by atoms with Crippen molar-refractivity contribution >= 4 is 40.3 Å². The van der Waals surface area contributed by atoms with Crippen LogP contribution in [-0.4, -0.2) is 42.8 Å². The van der Waals surface area contributed by atoms with Crippen LogP contribution < -0.4 is 16.6 Å². The Labute approximate surface area is 171 Å². The average molecular weight is 417 g/mol. The summed E-state index contributed by atoms with van der Waals surface area (Å²) < 4.78 is 3.27. The van der Waals surface area contributed by atoms with Crippen molar-refractivity contribution < 1.29 is 9.59 Å². The number of amides is 2. The number of carbonyl (C=O) groups is 2. The number of rotatable bonds is 8. The van der Waals surface area contributed by atoms with Crippen LogP contribution in [0.4, 0.5) is 0 Å². The third-order valence-electron chi connectivity index (χ3n) is 4.61. The fraction of sp³-hybridized carbons (Fsp3) is 0.421. The van der Waals surface area contributed by atoms with Crippen molar-refractivity contribution in [2.24, 2.45) is 5.73 Å². The Balaban J connectivity index is 2.24. The van der Waals surface area contributed by atoms with E-state index in [2.05, 4.69) is 15.5 Å². The predicted molar refractivity (Wildman–Crippen MR) is 112 cm³/mol. The highest BCUT2D eigenvalue weighted by Crippen LogP contribution is 2.22. The molecule has 10 heteroatoms. The number of aryl methyl sites for hydroxylation is 1. The van der Waals surface area contributed by atoms with Crippen LogP contribution in [0.5, 0.6) is 0 Å². The molecule has 3 rings (SSSR count). The van der Waals surface area contributed by atoms with Crippen LogP contribution >= 0.6 is 11.8 Å². The van der Waals surface area contributed by atoms with Crippen LogP contribution in [0.3, 0.4) is 0 Å². The molecule has 0 radical (unpaired) electrons. The molecule has 0 fully saturated rings. The molecule has 2 amide bonds. The Kier molecular flexibility index (Phi) is 6.21. The molecule has 9 nitrogen and oxygen atoms in total. The van der Waals surface area contributed by atoms with E-state index in [-0.39, 0.29) is 23.3 Å². The van der Waals surface area contributed by atoms with Crippen molar-refractivity contribution in [1.82, 2.24) is 24.5 Å². The lowest BCUT2D eigenvalue weighted by Crippen LogP contribution is -2.32. The highest BCUT2D eigenvalue weighted by Gasteiger charge is 2.19. The summed E-state index contributed by atoms with van der Waals surface area (Å²) in [6.45, 7) is 6.37. The van der Waals surface area contributed by atoms with E-state index in [9.17, 15) is 14.4 Å². The minimum Gasteiger partial charge on any atom is -0.369 e. The van der Waals surface area contributed by atoms with Gasteiger partial charge in [0, 0.05) is 18.2 Å². The molecule has 0 saturated carbocycles. The largest absolute Gasteiger partial charge is 0.369 e. The maximum atomic E-state index is 13.0. The van der Waals surface area contributed by atoms with E-state index in [4.69, 9.17) is 5.73 Å². The van der Waals surface area contributed by atoms with Gasteiger partial charge in [0.1, 0.15) is 0 Å². The van der Waals surface area contributed by atoms with Crippen molar-refractivity contribution in [2.45, 2.75) is 51.4 Å². The van der Waals surface area contributed by atoms with Gasteiger partial charge in [0.05, 0.1) is 16.7 Å². The molecule has 0 aliphatic rings. The highest BCUT2D eigenvalue weighted by atomic mass is 32.2. The minimum absolute atomic E-state index is 0.0311. The van der Waals surface area contributed by atoms with Gasteiger partial charge in [0.2, 0.25) is 11.7 Å². The first-order valence-electron chi connectivity index (χ1n) is 9.51. The number of benzene rings is 1. The van der Waals surface area contributed by atoms with Crippen LogP contribution in [0.2, 0.25) is 0 Å². The van der Waals surface area contributed by atoms with Gasteiger partial charge in [-0.2, -0.15) is 0 Å². The van der Waals surface area contributed by atoms with Crippen molar-refractivity contribution in [3.63, 3.8) is 0 Å². The van der Waals surface area contributed by atoms with Gasteiger partial charge in [0.25, 0.3) is 11.5 Å². The van der Waals surface area contributed by atoms with E-state index in [1.54, 1.807) is 27.2 Å². The van der Waals surface area contributed by atoms with E-state index in [1.165, 1.54) is 0 Å². The second-order valence-electron chi connectivity index (χ2n) is 6.84. The molecule has 2 heterocycles. The maximum absolute atomic E-state index is 13.0. The van der Waals surface area contributed by atoms with Gasteiger partial charge < -0.3 is 11.1 Å². The zero-order chi connectivity index (χ0) is 21.1. The molecule has 0 spiro atoms. The molecule has 0 aliphatic heterocycles. The molecule has 0 bridgehead atoms. The number of hydrogen-bond acceptors (Lipinski definition) is 6. The van der Waals surface area contributed by atoms with Gasteiger partial charge >= 0.3 is 0 Å². The topological polar surface area (TPSA) is 124 Å². The van der Waals surface area contributed by atoms with E-state index >= 15 is 0 Å². The molecule has 29 heavy (non-hydrogen) atoms. The first kappa shape index (κ1) is 20.8. The smallest absolute Gasteiger partial charge is 0.262 e. The first-order valence-corrected chi connectivity index (χ1v) is 10.5. The van der Waals surface area contributed by atoms with Crippen LogP contribution in [-0.2, 0) is 11.3 Å². The second-order valence-corrected chi connectivity index (χ2v) is 7.79. The number of nitrogens with two attached hydrogens (primary N) is 1. The van der Waals surface area contributed by atoms with E-state index in [0.717, 1.165) is 24.6 Å². The van der Waals surface area contributed by atoms with Crippen molar-refractivity contribution in [2.75, 3.05) is 5.75 Å². The quantitative estimate of drug-likeness (QED) is 0.537. The summed E-state index contributed by atoms with van der Waals surface area (Å²) in [6, 6.07) is 4.99. The summed E-state index contributed by atoms with van der Waals surface area (Å²) in [5.74, 6) is -0.294. The lowest BCUT2D eigenvalue weighted by atomic mass is 10.1. The number of thioether (sulfide) groups is 1. The standard InChI is InChI=1S/C19H24N6O3S/c1-4-8-24-17(28)13-7-6-12(16(27)21-11(3)5-2)9-14(13)25-18(24)22-23-19(25)29-10-15(20)26/h6-7,9,11H,4-5,8,10H2,1-3H3,(H2,20,26)(H,21,27)/t11-/m1/s1. The number of primary amides is 1. The molecule has 0 saturated heterocycles. The SMILES string of the molecule is CCCn1c(=O)c2ccc(C(=O)N[C@H](C)CC)cc2n2c(SCC(N)=O)nnc12. The van der Waals surface area contributed by atoms with Crippen LogP contribution in [0.15, 0.2) is 28.2 Å². The monoisotopic (exact) mass is 416 g/mol. The summed E-state index contributed by atoms with van der Waals surface area (Å²) in [5.41, 5.74) is 6.03. The van der Waals surface area contributed by atoms with Gasteiger partial charge in [-0.25, -0.2) is 0 Å². The maximum Gasteiger partial charge on any atom is 0.262 e. The molecular formula is C19H24N6O3S. The fourth-order valence-electron chi connectivity index (χ4n) is 2.99. The summed E-state index contributed by atoms with van der Waals surface area (Å²) >= 11 is 1.14. The number of carbonyl (C=O) groups excluding carboxylic acids is 2.